The van der Waals surface area contributed by atoms with Gasteiger partial charge in [0.2, 0.25) is 0 Å². The normalized spacial score (nSPS) is 12.0. The van der Waals surface area contributed by atoms with Gasteiger partial charge >= 0.3 is 0 Å². The Hall–Kier alpha value is -5.99. The largest absolute Gasteiger partial charge is 0.455 e. The fraction of sp³-hybridized carbons (Fsp3) is 0. The lowest BCUT2D eigenvalue weighted by atomic mass is 9.92. The molecule has 0 bridgehead atoms. The van der Waals surface area contributed by atoms with Crippen molar-refractivity contribution in [1.82, 2.24) is 4.98 Å². The van der Waals surface area contributed by atoms with E-state index >= 15 is 0 Å². The highest BCUT2D eigenvalue weighted by Gasteiger charge is 2.18. The van der Waals surface area contributed by atoms with Crippen LogP contribution in [-0.4, -0.2) is 4.98 Å². The predicted octanol–water partition coefficient (Wildman–Crippen LogP) is 12.1. The number of hydrogen-bond donors (Lipinski definition) is 0. The highest BCUT2D eigenvalue weighted by Crippen LogP contribution is 2.43. The van der Waals surface area contributed by atoms with Crippen LogP contribution < -0.4 is 0 Å². The molecule has 0 saturated carbocycles. The number of furan rings is 1. The smallest absolute Gasteiger partial charge is 0.143 e. The van der Waals surface area contributed by atoms with Crippen LogP contribution in [0.15, 0.2) is 156 Å². The Labute approximate surface area is 258 Å². The Bertz CT molecular complexity index is 2810. The zero-order valence-corrected chi connectivity index (χ0v) is 24.3. The van der Waals surface area contributed by atoms with Gasteiger partial charge in [-0.1, -0.05) is 121 Å². The monoisotopic (exact) mass is 571 g/mol. The van der Waals surface area contributed by atoms with Gasteiger partial charge in [-0.25, -0.2) is 4.98 Å². The van der Waals surface area contributed by atoms with E-state index in [-0.39, 0.29) is 0 Å². The molecule has 0 aliphatic rings. The highest BCUT2D eigenvalue weighted by atomic mass is 16.3. The van der Waals surface area contributed by atoms with E-state index < -0.39 is 0 Å². The van der Waals surface area contributed by atoms with Crippen LogP contribution in [-0.2, 0) is 0 Å². The highest BCUT2D eigenvalue weighted by molar-refractivity contribution is 6.25. The number of hydrogen-bond acceptors (Lipinski definition) is 2. The van der Waals surface area contributed by atoms with Gasteiger partial charge in [0.1, 0.15) is 11.2 Å². The predicted molar refractivity (Wildman–Crippen MR) is 190 cm³/mol. The summed E-state index contributed by atoms with van der Waals surface area (Å²) in [5.74, 6) is 0. The van der Waals surface area contributed by atoms with Gasteiger partial charge in [-0.3, -0.25) is 0 Å². The van der Waals surface area contributed by atoms with Crippen LogP contribution in [0.25, 0.3) is 98.3 Å². The molecule has 8 aromatic carbocycles. The van der Waals surface area contributed by atoms with Crippen molar-refractivity contribution in [2.75, 3.05) is 0 Å². The maximum Gasteiger partial charge on any atom is 0.143 e. The first-order valence-corrected chi connectivity index (χ1v) is 15.4. The molecule has 2 heteroatoms. The van der Waals surface area contributed by atoms with E-state index in [1.165, 1.54) is 43.1 Å². The Kier molecular flexibility index (Phi) is 5.03. The summed E-state index contributed by atoms with van der Waals surface area (Å²) in [6.07, 6.45) is 0. The van der Waals surface area contributed by atoms with Crippen LogP contribution in [0.3, 0.4) is 0 Å². The molecule has 10 aromatic rings. The minimum absolute atomic E-state index is 0.909. The first-order valence-electron chi connectivity index (χ1n) is 15.4. The zero-order valence-electron chi connectivity index (χ0n) is 24.3. The van der Waals surface area contributed by atoms with E-state index in [0.29, 0.717) is 0 Å². The molecule has 45 heavy (non-hydrogen) atoms. The van der Waals surface area contributed by atoms with E-state index in [4.69, 9.17) is 9.40 Å². The molecule has 0 fully saturated rings. The van der Waals surface area contributed by atoms with Gasteiger partial charge in [0.05, 0.1) is 11.2 Å². The molecule has 10 rings (SSSR count). The molecule has 2 nitrogen and oxygen atoms in total. The molecule has 0 atom stereocenters. The third-order valence-corrected chi connectivity index (χ3v) is 9.37. The number of fused-ring (bicyclic) bond motifs is 11. The summed E-state index contributed by atoms with van der Waals surface area (Å²) >= 11 is 0. The maximum atomic E-state index is 6.76. The van der Waals surface area contributed by atoms with Gasteiger partial charge in [0.25, 0.3) is 0 Å². The standard InChI is InChI=1S/C43H25NO/c1-2-12-28-25-39-37(23-27(28)11-1)41-33-17-6-4-13-30(33)24-36(43(41)45-39)29-14-9-15-31(22-29)42-35-21-20-26-10-3-5-16-32(26)40(35)34-18-7-8-19-38(34)44-42/h1-25H. The van der Waals surface area contributed by atoms with Crippen LogP contribution in [0.4, 0.5) is 0 Å². The lowest BCUT2D eigenvalue weighted by molar-refractivity contribution is 0.671. The average molecular weight is 572 g/mol. The van der Waals surface area contributed by atoms with Crippen LogP contribution in [0.5, 0.6) is 0 Å². The Morgan fingerprint density at radius 1 is 0.400 bits per heavy atom. The minimum atomic E-state index is 0.909. The summed E-state index contributed by atoms with van der Waals surface area (Å²) in [5, 5.41) is 13.2. The first kappa shape index (κ1) is 24.5. The molecule has 0 radical (unpaired) electrons. The molecule has 0 aliphatic carbocycles. The van der Waals surface area contributed by atoms with Crippen LogP contribution >= 0.6 is 0 Å². The summed E-state index contributed by atoms with van der Waals surface area (Å²) < 4.78 is 6.76. The molecule has 0 spiro atoms. The second-order valence-corrected chi connectivity index (χ2v) is 11.9. The molecule has 2 aromatic heterocycles. The zero-order chi connectivity index (χ0) is 29.5. The number of para-hydroxylation sites is 1. The average Bonchev–Trinajstić information content (AvgIpc) is 3.48. The summed E-state index contributed by atoms with van der Waals surface area (Å²) in [6.45, 7) is 0. The lowest BCUT2D eigenvalue weighted by Gasteiger charge is -2.14. The van der Waals surface area contributed by atoms with E-state index in [1.54, 1.807) is 0 Å². The van der Waals surface area contributed by atoms with Crippen molar-refractivity contribution in [3.8, 4) is 22.4 Å². The Morgan fingerprint density at radius 2 is 1.07 bits per heavy atom. The van der Waals surface area contributed by atoms with Gasteiger partial charge in [0.15, 0.2) is 0 Å². The summed E-state index contributed by atoms with van der Waals surface area (Å²) in [6, 6.07) is 54.2. The van der Waals surface area contributed by atoms with E-state index in [1.807, 2.05) is 0 Å². The molecular weight excluding hydrogens is 546 g/mol. The fourth-order valence-corrected chi connectivity index (χ4v) is 7.30. The maximum absolute atomic E-state index is 6.76. The van der Waals surface area contributed by atoms with Crippen LogP contribution in [0.2, 0.25) is 0 Å². The summed E-state index contributed by atoms with van der Waals surface area (Å²) in [7, 11) is 0. The van der Waals surface area contributed by atoms with Gasteiger partial charge in [-0.05, 0) is 68.2 Å². The second-order valence-electron chi connectivity index (χ2n) is 11.9. The van der Waals surface area contributed by atoms with E-state index in [2.05, 4.69) is 152 Å². The van der Waals surface area contributed by atoms with Gasteiger partial charge in [0, 0.05) is 38.1 Å². The number of nitrogens with zero attached hydrogens (tertiary/aromatic N) is 1. The van der Waals surface area contributed by atoms with Gasteiger partial charge in [-0.15, -0.1) is 0 Å². The van der Waals surface area contributed by atoms with Gasteiger partial charge in [-0.2, -0.15) is 0 Å². The number of benzene rings is 8. The first-order chi connectivity index (χ1) is 22.3. The van der Waals surface area contributed by atoms with Crippen LogP contribution in [0, 0.1) is 0 Å². The molecule has 0 N–H and O–H groups in total. The quantitative estimate of drug-likeness (QED) is 0.193. The van der Waals surface area contributed by atoms with Crippen molar-refractivity contribution in [1.29, 1.82) is 0 Å². The molecule has 0 amide bonds. The summed E-state index contributed by atoms with van der Waals surface area (Å²) in [5.41, 5.74) is 7.09. The second kappa shape index (κ2) is 9.25. The Morgan fingerprint density at radius 3 is 1.91 bits per heavy atom. The van der Waals surface area contributed by atoms with Gasteiger partial charge < -0.3 is 4.42 Å². The van der Waals surface area contributed by atoms with E-state index in [9.17, 15) is 0 Å². The van der Waals surface area contributed by atoms with Crippen molar-refractivity contribution in [2.45, 2.75) is 0 Å². The molecule has 2 heterocycles. The van der Waals surface area contributed by atoms with Crippen molar-refractivity contribution < 1.29 is 4.42 Å². The number of aromatic nitrogens is 1. The lowest BCUT2D eigenvalue weighted by Crippen LogP contribution is -1.91. The number of pyridine rings is 1. The fourth-order valence-electron chi connectivity index (χ4n) is 7.30. The topological polar surface area (TPSA) is 26.0 Å². The third kappa shape index (κ3) is 3.60. The van der Waals surface area contributed by atoms with Crippen molar-refractivity contribution in [3.05, 3.63) is 152 Å². The Balaban J connectivity index is 1.27. The molecule has 0 unspecified atom stereocenters. The molecule has 0 aliphatic heterocycles. The van der Waals surface area contributed by atoms with E-state index in [0.717, 1.165) is 55.2 Å². The van der Waals surface area contributed by atoms with Crippen molar-refractivity contribution >= 4 is 75.9 Å². The minimum Gasteiger partial charge on any atom is -0.455 e. The molecular formula is C43H25NO. The van der Waals surface area contributed by atoms with Crippen LogP contribution in [0.1, 0.15) is 0 Å². The summed E-state index contributed by atoms with van der Waals surface area (Å²) in [4.78, 5) is 5.27. The molecule has 208 valence electrons. The SMILES string of the molecule is c1cc(-c2nc3ccccc3c3c2ccc2ccccc23)cc(-c2cc3ccccc3c3c2oc2cc4ccccc4cc23)c1. The van der Waals surface area contributed by atoms with Crippen molar-refractivity contribution in [2.24, 2.45) is 0 Å². The third-order valence-electron chi connectivity index (χ3n) is 9.37. The molecule has 0 saturated heterocycles. The number of rotatable bonds is 2. The van der Waals surface area contributed by atoms with Crippen molar-refractivity contribution in [3.63, 3.8) is 0 Å².